The van der Waals surface area contributed by atoms with Gasteiger partial charge in [-0.15, -0.1) is 11.3 Å². The lowest BCUT2D eigenvalue weighted by Crippen LogP contribution is -2.03. The zero-order chi connectivity index (χ0) is 12.7. The Kier molecular flexibility index (Phi) is 6.37. The number of thiazole rings is 1. The number of nitrogens with zero attached hydrogens (tertiary/aromatic N) is 1. The molecule has 4 heteroatoms. The molecule has 0 radical (unpaired) electrons. The highest BCUT2D eigenvalue weighted by Gasteiger charge is 2.08. The van der Waals surface area contributed by atoms with E-state index in [0.29, 0.717) is 18.6 Å². The molecule has 0 unspecified atom stereocenters. The molecule has 1 aromatic rings. The van der Waals surface area contributed by atoms with Gasteiger partial charge in [-0.1, -0.05) is 12.8 Å². The van der Waals surface area contributed by atoms with E-state index in [2.05, 4.69) is 4.98 Å². The van der Waals surface area contributed by atoms with Gasteiger partial charge < -0.3 is 5.73 Å². The topological polar surface area (TPSA) is 56.0 Å². The molecule has 1 rings (SSSR count). The summed E-state index contributed by atoms with van der Waals surface area (Å²) < 4.78 is 0. The first-order valence-electron chi connectivity index (χ1n) is 6.28. The number of aryl methyl sites for hydroxylation is 2. The largest absolute Gasteiger partial charge is 0.330 e. The van der Waals surface area contributed by atoms with Crippen molar-refractivity contribution in [1.29, 1.82) is 0 Å². The molecule has 0 aliphatic rings. The standard InChI is InChI=1S/C13H22N2OS/c1-10-11(2)17-13(15-10)9-12(16)7-5-3-4-6-8-14/h3-9,14H2,1-2H3. The molecule has 0 bridgehead atoms. The highest BCUT2D eigenvalue weighted by atomic mass is 32.1. The summed E-state index contributed by atoms with van der Waals surface area (Å²) in [6, 6.07) is 0. The van der Waals surface area contributed by atoms with E-state index >= 15 is 0 Å². The molecule has 96 valence electrons. The quantitative estimate of drug-likeness (QED) is 0.726. The summed E-state index contributed by atoms with van der Waals surface area (Å²) in [6.07, 6.45) is 5.50. The summed E-state index contributed by atoms with van der Waals surface area (Å²) in [5.74, 6) is 0.312. The third-order valence-corrected chi connectivity index (χ3v) is 3.90. The molecule has 0 atom stereocenters. The summed E-state index contributed by atoms with van der Waals surface area (Å²) in [4.78, 5) is 17.3. The number of hydrogen-bond donors (Lipinski definition) is 1. The van der Waals surface area contributed by atoms with E-state index in [1.165, 1.54) is 4.88 Å². The number of aromatic nitrogens is 1. The van der Waals surface area contributed by atoms with Crippen molar-refractivity contribution in [2.45, 2.75) is 52.4 Å². The zero-order valence-electron chi connectivity index (χ0n) is 10.8. The molecular weight excluding hydrogens is 232 g/mol. The van der Waals surface area contributed by atoms with Gasteiger partial charge in [-0.25, -0.2) is 4.98 Å². The molecule has 0 fully saturated rings. The Morgan fingerprint density at radius 2 is 1.94 bits per heavy atom. The van der Waals surface area contributed by atoms with Gasteiger partial charge >= 0.3 is 0 Å². The highest BCUT2D eigenvalue weighted by molar-refractivity contribution is 7.11. The fraction of sp³-hybridized carbons (Fsp3) is 0.692. The molecule has 1 heterocycles. The number of carbonyl (C=O) groups excluding carboxylic acids is 1. The van der Waals surface area contributed by atoms with E-state index in [1.807, 2.05) is 13.8 Å². The number of rotatable bonds is 8. The molecular formula is C13H22N2OS. The van der Waals surface area contributed by atoms with E-state index < -0.39 is 0 Å². The van der Waals surface area contributed by atoms with Crippen molar-refractivity contribution < 1.29 is 4.79 Å². The predicted molar refractivity (Wildman–Crippen MR) is 72.4 cm³/mol. The van der Waals surface area contributed by atoms with Crippen molar-refractivity contribution in [2.24, 2.45) is 5.73 Å². The highest BCUT2D eigenvalue weighted by Crippen LogP contribution is 2.17. The Balaban J connectivity index is 2.21. The molecule has 0 saturated heterocycles. The van der Waals surface area contributed by atoms with Gasteiger partial charge in [0, 0.05) is 11.3 Å². The van der Waals surface area contributed by atoms with Gasteiger partial charge in [0.15, 0.2) is 0 Å². The SMILES string of the molecule is Cc1nc(CC(=O)CCCCCCN)sc1C. The normalized spacial score (nSPS) is 10.8. The van der Waals surface area contributed by atoms with Crippen molar-refractivity contribution in [3.63, 3.8) is 0 Å². The Bertz CT molecular complexity index is 341. The second-order valence-electron chi connectivity index (χ2n) is 4.42. The Morgan fingerprint density at radius 3 is 2.53 bits per heavy atom. The van der Waals surface area contributed by atoms with Crippen LogP contribution in [-0.2, 0) is 11.2 Å². The van der Waals surface area contributed by atoms with Gasteiger partial charge in [0.05, 0.1) is 12.1 Å². The third-order valence-electron chi connectivity index (χ3n) is 2.83. The van der Waals surface area contributed by atoms with E-state index in [1.54, 1.807) is 11.3 Å². The van der Waals surface area contributed by atoms with Crippen molar-refractivity contribution in [2.75, 3.05) is 6.54 Å². The van der Waals surface area contributed by atoms with Gasteiger partial charge in [0.25, 0.3) is 0 Å². The van der Waals surface area contributed by atoms with Gasteiger partial charge in [0.2, 0.25) is 0 Å². The van der Waals surface area contributed by atoms with Crippen LogP contribution in [0.4, 0.5) is 0 Å². The maximum atomic E-state index is 11.7. The average molecular weight is 254 g/mol. The van der Waals surface area contributed by atoms with Crippen molar-refractivity contribution in [3.05, 3.63) is 15.6 Å². The minimum absolute atomic E-state index is 0.312. The van der Waals surface area contributed by atoms with E-state index in [0.717, 1.165) is 42.9 Å². The number of Topliss-reactive ketones (excluding diaryl/α,β-unsaturated/α-hetero) is 1. The minimum Gasteiger partial charge on any atom is -0.330 e. The monoisotopic (exact) mass is 254 g/mol. The van der Waals surface area contributed by atoms with Crippen LogP contribution in [0, 0.1) is 13.8 Å². The van der Waals surface area contributed by atoms with Crippen LogP contribution in [0.5, 0.6) is 0 Å². The smallest absolute Gasteiger partial charge is 0.139 e. The maximum absolute atomic E-state index is 11.7. The first-order valence-corrected chi connectivity index (χ1v) is 7.09. The van der Waals surface area contributed by atoms with Gasteiger partial charge in [-0.05, 0) is 33.2 Å². The van der Waals surface area contributed by atoms with Crippen LogP contribution >= 0.6 is 11.3 Å². The van der Waals surface area contributed by atoms with Crippen LogP contribution in [0.1, 0.15) is 47.7 Å². The van der Waals surface area contributed by atoms with Crippen LogP contribution < -0.4 is 5.73 Å². The van der Waals surface area contributed by atoms with Crippen LogP contribution in [-0.4, -0.2) is 17.3 Å². The molecule has 0 spiro atoms. The lowest BCUT2D eigenvalue weighted by atomic mass is 10.1. The second-order valence-corrected chi connectivity index (χ2v) is 5.71. The number of unbranched alkanes of at least 4 members (excludes halogenated alkanes) is 3. The van der Waals surface area contributed by atoms with Gasteiger partial charge in [-0.2, -0.15) is 0 Å². The summed E-state index contributed by atoms with van der Waals surface area (Å²) in [5.41, 5.74) is 6.47. The zero-order valence-corrected chi connectivity index (χ0v) is 11.6. The van der Waals surface area contributed by atoms with E-state index in [9.17, 15) is 4.79 Å². The van der Waals surface area contributed by atoms with Crippen LogP contribution in [0.15, 0.2) is 0 Å². The van der Waals surface area contributed by atoms with Gasteiger partial charge in [-0.3, -0.25) is 4.79 Å². The Hall–Kier alpha value is -0.740. The summed E-state index contributed by atoms with van der Waals surface area (Å²) in [6.45, 7) is 4.80. The first-order chi connectivity index (χ1) is 8.13. The fourth-order valence-electron chi connectivity index (χ4n) is 1.69. The maximum Gasteiger partial charge on any atom is 0.139 e. The molecule has 1 aromatic heterocycles. The van der Waals surface area contributed by atoms with Crippen molar-refractivity contribution in [3.8, 4) is 0 Å². The molecule has 0 amide bonds. The van der Waals surface area contributed by atoms with Gasteiger partial charge in [0.1, 0.15) is 10.8 Å². The summed E-state index contributed by atoms with van der Waals surface area (Å²) >= 11 is 1.64. The van der Waals surface area contributed by atoms with Crippen molar-refractivity contribution >= 4 is 17.1 Å². The molecule has 0 aliphatic heterocycles. The number of carbonyl (C=O) groups is 1. The molecule has 0 aliphatic carbocycles. The van der Waals surface area contributed by atoms with Crippen molar-refractivity contribution in [1.82, 2.24) is 4.98 Å². The van der Waals surface area contributed by atoms with Crippen LogP contribution in [0.3, 0.4) is 0 Å². The minimum atomic E-state index is 0.312. The lowest BCUT2D eigenvalue weighted by molar-refractivity contribution is -0.118. The molecule has 0 aromatic carbocycles. The lowest BCUT2D eigenvalue weighted by Gasteiger charge is -1.99. The fourth-order valence-corrected chi connectivity index (χ4v) is 2.65. The molecule has 17 heavy (non-hydrogen) atoms. The second kappa shape index (κ2) is 7.56. The summed E-state index contributed by atoms with van der Waals surface area (Å²) in [5, 5.41) is 0.965. The Morgan fingerprint density at radius 1 is 1.24 bits per heavy atom. The molecule has 3 nitrogen and oxygen atoms in total. The number of hydrogen-bond acceptors (Lipinski definition) is 4. The molecule has 0 saturated carbocycles. The first kappa shape index (κ1) is 14.3. The van der Waals surface area contributed by atoms with Crippen LogP contribution in [0.2, 0.25) is 0 Å². The third kappa shape index (κ3) is 5.41. The molecule has 2 N–H and O–H groups in total. The van der Waals surface area contributed by atoms with Crippen LogP contribution in [0.25, 0.3) is 0 Å². The summed E-state index contributed by atoms with van der Waals surface area (Å²) in [7, 11) is 0. The predicted octanol–water partition coefficient (Wildman–Crippen LogP) is 2.78. The number of ketones is 1. The average Bonchev–Trinajstić information content (AvgIpc) is 2.57. The van der Waals surface area contributed by atoms with E-state index in [-0.39, 0.29) is 0 Å². The number of nitrogens with two attached hydrogens (primary N) is 1. The van der Waals surface area contributed by atoms with E-state index in [4.69, 9.17) is 5.73 Å². The Labute approximate surface area is 107 Å².